The molecule has 0 aliphatic heterocycles. The summed E-state index contributed by atoms with van der Waals surface area (Å²) in [6, 6.07) is -0.752. The molecule has 3 N–H and O–H groups in total. The molecule has 0 fully saturated rings. The van der Waals surface area contributed by atoms with Crippen molar-refractivity contribution in [2.24, 2.45) is 0 Å². The molecule has 0 spiro atoms. The van der Waals surface area contributed by atoms with E-state index < -0.39 is 18.2 Å². The highest BCUT2D eigenvalue weighted by Crippen LogP contribution is 2.16. The third-order valence-electron chi connectivity index (χ3n) is 12.4. The molecule has 0 rings (SSSR count). The zero-order valence-electron chi connectivity index (χ0n) is 44.5. The van der Waals surface area contributed by atoms with Crippen LogP contribution in [0.5, 0.6) is 0 Å². The lowest BCUT2D eigenvalue weighted by Gasteiger charge is -2.23. The molecule has 0 aromatic carbocycles. The lowest BCUT2D eigenvalue weighted by Crippen LogP contribution is -2.46. The van der Waals surface area contributed by atoms with Crippen molar-refractivity contribution in [3.8, 4) is 0 Å². The Hall–Kier alpha value is -3.22. The summed E-state index contributed by atoms with van der Waals surface area (Å²) in [6.45, 7) is 6.34. The Morgan fingerprint density at radius 3 is 1.28 bits per heavy atom. The number of nitrogens with one attached hydrogen (secondary N) is 1. The number of hydrogen-bond donors (Lipinski definition) is 3. The number of carbonyl (C=O) groups is 2. The van der Waals surface area contributed by atoms with E-state index in [4.69, 9.17) is 4.74 Å². The Morgan fingerprint density at radius 2 is 0.853 bits per heavy atom. The van der Waals surface area contributed by atoms with E-state index in [9.17, 15) is 19.8 Å². The Bertz CT molecular complexity index is 1340. The van der Waals surface area contributed by atoms with Crippen LogP contribution in [0.25, 0.3) is 0 Å². The summed E-state index contributed by atoms with van der Waals surface area (Å²) >= 11 is 0. The van der Waals surface area contributed by atoms with E-state index >= 15 is 0 Å². The van der Waals surface area contributed by atoms with Gasteiger partial charge in [0.1, 0.15) is 6.10 Å². The van der Waals surface area contributed by atoms with Crippen LogP contribution < -0.4 is 5.32 Å². The number of carbonyl (C=O) groups excluding carboxylic acids is 2. The number of aliphatic hydroxyl groups is 2. The largest absolute Gasteiger partial charge is 0.458 e. The minimum atomic E-state index is -0.828. The van der Waals surface area contributed by atoms with E-state index in [-0.39, 0.29) is 24.9 Å². The number of aliphatic hydroxyl groups excluding tert-OH is 2. The average molecular weight is 947 g/mol. The number of allylic oxidation sites excluding steroid dienone is 15. The van der Waals surface area contributed by atoms with Gasteiger partial charge < -0.3 is 20.3 Å². The first-order valence-corrected chi connectivity index (χ1v) is 28.5. The topological polar surface area (TPSA) is 95.9 Å². The van der Waals surface area contributed by atoms with Gasteiger partial charge in [-0.05, 0) is 83.1 Å². The Morgan fingerprint density at radius 1 is 0.471 bits per heavy atom. The fraction of sp³-hybridized carbons (Fsp3) is 0.710. The van der Waals surface area contributed by atoms with Crippen LogP contribution in [0.3, 0.4) is 0 Å². The normalized spacial score (nSPS) is 13.9. The van der Waals surface area contributed by atoms with Gasteiger partial charge in [-0.3, -0.25) is 9.59 Å². The van der Waals surface area contributed by atoms with Gasteiger partial charge in [0.25, 0.3) is 0 Å². The second-order valence-corrected chi connectivity index (χ2v) is 19.0. The van der Waals surface area contributed by atoms with Crippen molar-refractivity contribution in [3.05, 3.63) is 97.2 Å². The van der Waals surface area contributed by atoms with Crippen molar-refractivity contribution in [2.45, 2.75) is 277 Å². The van der Waals surface area contributed by atoms with Crippen LogP contribution in [-0.2, 0) is 14.3 Å². The Kier molecular flexibility index (Phi) is 52.1. The van der Waals surface area contributed by atoms with Crippen LogP contribution in [0.15, 0.2) is 97.2 Å². The summed E-state index contributed by atoms with van der Waals surface area (Å²) in [5, 5.41) is 23.8. The predicted octanol–water partition coefficient (Wildman–Crippen LogP) is 17.7. The summed E-state index contributed by atoms with van der Waals surface area (Å²) in [4.78, 5) is 26.2. The molecule has 0 saturated heterocycles. The maximum Gasteiger partial charge on any atom is 0.306 e. The molecular formula is C62H107NO5. The molecule has 0 aliphatic rings. The molecule has 0 bridgehead atoms. The number of hydrogen-bond acceptors (Lipinski definition) is 5. The van der Waals surface area contributed by atoms with Crippen LogP contribution in [-0.4, -0.2) is 46.9 Å². The van der Waals surface area contributed by atoms with Crippen LogP contribution in [0.4, 0.5) is 0 Å². The number of unbranched alkanes of at least 4 members (excludes halogenated alkanes) is 25. The van der Waals surface area contributed by atoms with Gasteiger partial charge in [-0.2, -0.15) is 0 Å². The fourth-order valence-corrected chi connectivity index (χ4v) is 8.12. The Balaban J connectivity index is 4.77. The van der Waals surface area contributed by atoms with Crippen LogP contribution in [0.2, 0.25) is 0 Å². The third-order valence-corrected chi connectivity index (χ3v) is 12.4. The first-order chi connectivity index (χ1) is 33.5. The van der Waals surface area contributed by atoms with Crippen molar-refractivity contribution in [2.75, 3.05) is 6.61 Å². The highest BCUT2D eigenvalue weighted by Gasteiger charge is 2.23. The highest BCUT2D eigenvalue weighted by molar-refractivity contribution is 5.78. The van der Waals surface area contributed by atoms with Gasteiger partial charge in [-0.15, -0.1) is 0 Å². The van der Waals surface area contributed by atoms with Gasteiger partial charge in [-0.1, -0.05) is 260 Å². The molecule has 0 aromatic heterocycles. The first kappa shape index (κ1) is 64.8. The number of ether oxygens (including phenoxy) is 1. The van der Waals surface area contributed by atoms with E-state index in [1.165, 1.54) is 122 Å². The fourth-order valence-electron chi connectivity index (χ4n) is 8.12. The summed E-state index contributed by atoms with van der Waals surface area (Å²) in [6.07, 6.45) is 73.6. The summed E-state index contributed by atoms with van der Waals surface area (Å²) in [7, 11) is 0. The molecular weight excluding hydrogens is 839 g/mol. The minimum Gasteiger partial charge on any atom is -0.458 e. The van der Waals surface area contributed by atoms with Crippen molar-refractivity contribution < 1.29 is 24.5 Å². The maximum absolute atomic E-state index is 13.2. The molecule has 0 aliphatic carbocycles. The van der Waals surface area contributed by atoms with Crippen molar-refractivity contribution in [1.29, 1.82) is 0 Å². The highest BCUT2D eigenvalue weighted by atomic mass is 16.5. The van der Waals surface area contributed by atoms with E-state index in [0.29, 0.717) is 19.3 Å². The molecule has 68 heavy (non-hydrogen) atoms. The molecule has 0 aromatic rings. The lowest BCUT2D eigenvalue weighted by atomic mass is 10.0. The zero-order chi connectivity index (χ0) is 49.5. The molecule has 6 heteroatoms. The molecule has 0 heterocycles. The molecule has 1 amide bonds. The number of esters is 1. The summed E-state index contributed by atoms with van der Waals surface area (Å²) < 4.78 is 5.84. The maximum atomic E-state index is 13.2. The molecule has 6 nitrogen and oxygen atoms in total. The lowest BCUT2D eigenvalue weighted by molar-refractivity contribution is -0.148. The number of amides is 1. The summed E-state index contributed by atoms with van der Waals surface area (Å²) in [5.41, 5.74) is 0. The van der Waals surface area contributed by atoms with Crippen LogP contribution in [0.1, 0.15) is 258 Å². The van der Waals surface area contributed by atoms with Crippen LogP contribution >= 0.6 is 0 Å². The third kappa shape index (κ3) is 49.2. The van der Waals surface area contributed by atoms with E-state index in [1.54, 1.807) is 6.08 Å². The first-order valence-electron chi connectivity index (χ1n) is 28.5. The second kappa shape index (κ2) is 54.7. The van der Waals surface area contributed by atoms with Gasteiger partial charge in [-0.25, -0.2) is 0 Å². The van der Waals surface area contributed by atoms with Gasteiger partial charge in [0, 0.05) is 6.42 Å². The average Bonchev–Trinajstić information content (AvgIpc) is 3.33. The van der Waals surface area contributed by atoms with Gasteiger partial charge in [0.05, 0.1) is 25.2 Å². The predicted molar refractivity (Wildman–Crippen MR) is 296 cm³/mol. The zero-order valence-corrected chi connectivity index (χ0v) is 44.5. The Labute approximate surface area is 420 Å². The van der Waals surface area contributed by atoms with Crippen molar-refractivity contribution in [3.63, 3.8) is 0 Å². The molecule has 3 atom stereocenters. The molecule has 0 saturated carbocycles. The summed E-state index contributed by atoms with van der Waals surface area (Å²) in [5.74, 6) is -0.649. The van der Waals surface area contributed by atoms with Gasteiger partial charge in [0.15, 0.2) is 0 Å². The standard InChI is InChI=1S/C62H107NO5/c1-4-7-10-13-16-19-22-25-28-30-32-34-37-40-43-46-49-52-55-62(67)68-58(53-50-47-44-41-38-35-33-31-29-26-23-20-17-14-11-8-5-2)56-61(66)63-59(57-64)60(65)54-51-48-45-42-39-36-27-24-21-18-15-12-9-6-3/h8,11,17,20,26,28-30,32-35,41,44,50,53,58-60,64-65H,4-7,9-10,12-16,18-19,21-25,27,31,36-40,42-43,45-49,51-52,54-57H2,1-3H3,(H,63,66)/b11-8-,20-17-,29-26-,30-28+,34-32+,35-33-,44-41-,53-50-. The van der Waals surface area contributed by atoms with Gasteiger partial charge >= 0.3 is 5.97 Å². The smallest absolute Gasteiger partial charge is 0.306 e. The van der Waals surface area contributed by atoms with E-state index in [2.05, 4.69) is 111 Å². The molecule has 390 valence electrons. The minimum absolute atomic E-state index is 0.0577. The quantitative estimate of drug-likeness (QED) is 0.0244. The number of rotatable bonds is 50. The van der Waals surface area contributed by atoms with Crippen molar-refractivity contribution >= 4 is 11.9 Å². The molecule has 3 unspecified atom stereocenters. The van der Waals surface area contributed by atoms with Crippen LogP contribution in [0, 0.1) is 0 Å². The van der Waals surface area contributed by atoms with Gasteiger partial charge in [0.2, 0.25) is 5.91 Å². The monoisotopic (exact) mass is 946 g/mol. The van der Waals surface area contributed by atoms with Crippen molar-refractivity contribution in [1.82, 2.24) is 5.32 Å². The second-order valence-electron chi connectivity index (χ2n) is 19.0. The van der Waals surface area contributed by atoms with E-state index in [1.807, 2.05) is 6.08 Å². The molecule has 0 radical (unpaired) electrons. The van der Waals surface area contributed by atoms with E-state index in [0.717, 1.165) is 89.9 Å². The SMILES string of the molecule is CC/C=C\C/C=C\C/C=C\C/C=C\C/C=C\C/C=C\C(CC(=O)NC(CO)C(O)CCCCCCCCCCCCCCCC)OC(=O)CCCCCCC/C=C/C=C/CCCCCCCCC.